The number of H-pyrrole nitrogens is 1. The van der Waals surface area contributed by atoms with Crippen molar-refractivity contribution in [2.24, 2.45) is 5.92 Å². The Bertz CT molecular complexity index is 1110. The van der Waals surface area contributed by atoms with Crippen LogP contribution in [0.2, 0.25) is 5.02 Å². The van der Waals surface area contributed by atoms with Crippen molar-refractivity contribution in [1.82, 2.24) is 15.0 Å². The summed E-state index contributed by atoms with van der Waals surface area (Å²) in [4.78, 5) is 12.5. The quantitative estimate of drug-likeness (QED) is 0.604. The number of pyridine rings is 1. The third kappa shape index (κ3) is 4.74. The molecular formula is C22H24ClN3O3S. The molecule has 1 atom stereocenters. The van der Waals surface area contributed by atoms with Gasteiger partial charge in [0.1, 0.15) is 5.69 Å². The van der Waals surface area contributed by atoms with Gasteiger partial charge in [0, 0.05) is 43.5 Å². The summed E-state index contributed by atoms with van der Waals surface area (Å²) in [7, 11) is -3.38. The van der Waals surface area contributed by atoms with Crippen LogP contribution in [0.3, 0.4) is 0 Å². The largest absolute Gasteiger partial charge is 0.381 e. The van der Waals surface area contributed by atoms with Crippen LogP contribution < -0.4 is 0 Å². The third-order valence-corrected chi connectivity index (χ3v) is 7.13. The van der Waals surface area contributed by atoms with Crippen LogP contribution in [0, 0.1) is 5.92 Å². The number of aromatic nitrogens is 3. The van der Waals surface area contributed by atoms with E-state index in [1.54, 1.807) is 18.3 Å². The Morgan fingerprint density at radius 3 is 2.67 bits per heavy atom. The van der Waals surface area contributed by atoms with Crippen molar-refractivity contribution in [3.8, 4) is 11.5 Å². The minimum absolute atomic E-state index is 0.0178. The minimum atomic E-state index is -3.38. The van der Waals surface area contributed by atoms with E-state index in [-0.39, 0.29) is 15.8 Å². The molecule has 8 heteroatoms. The molecule has 3 aromatic rings. The zero-order valence-corrected chi connectivity index (χ0v) is 18.3. The predicted octanol–water partition coefficient (Wildman–Crippen LogP) is 4.48. The van der Waals surface area contributed by atoms with Crippen molar-refractivity contribution in [2.45, 2.75) is 30.1 Å². The summed E-state index contributed by atoms with van der Waals surface area (Å²) in [5, 5.41) is 0.247. The highest BCUT2D eigenvalue weighted by Crippen LogP contribution is 2.36. The molecule has 1 N–H and O–H groups in total. The Balaban J connectivity index is 1.70. The number of nitrogens with one attached hydrogen (secondary N) is 1. The van der Waals surface area contributed by atoms with E-state index >= 15 is 0 Å². The lowest BCUT2D eigenvalue weighted by Gasteiger charge is -2.26. The second-order valence-corrected chi connectivity index (χ2v) is 10.1. The van der Waals surface area contributed by atoms with E-state index in [1.807, 2.05) is 30.5 Å². The van der Waals surface area contributed by atoms with E-state index in [0.29, 0.717) is 11.7 Å². The van der Waals surface area contributed by atoms with E-state index in [9.17, 15) is 8.42 Å². The Labute approximate surface area is 181 Å². The minimum Gasteiger partial charge on any atom is -0.381 e. The van der Waals surface area contributed by atoms with Gasteiger partial charge in [-0.15, -0.1) is 0 Å². The molecule has 0 bridgehead atoms. The summed E-state index contributed by atoms with van der Waals surface area (Å²) >= 11 is 6.35. The summed E-state index contributed by atoms with van der Waals surface area (Å²) in [6, 6.07) is 10.9. The summed E-state index contributed by atoms with van der Waals surface area (Å²) in [6.07, 6.45) is 7.66. The highest BCUT2D eigenvalue weighted by molar-refractivity contribution is 7.90. The molecule has 0 radical (unpaired) electrons. The van der Waals surface area contributed by atoms with Gasteiger partial charge >= 0.3 is 0 Å². The molecule has 1 aliphatic rings. The van der Waals surface area contributed by atoms with Crippen LogP contribution in [0.25, 0.3) is 11.5 Å². The van der Waals surface area contributed by atoms with Gasteiger partial charge in [-0.1, -0.05) is 23.7 Å². The molecule has 3 heterocycles. The Morgan fingerprint density at radius 2 is 2.00 bits per heavy atom. The van der Waals surface area contributed by atoms with E-state index in [1.165, 1.54) is 6.26 Å². The van der Waals surface area contributed by atoms with Crippen molar-refractivity contribution >= 4 is 21.4 Å². The van der Waals surface area contributed by atoms with Gasteiger partial charge in [-0.3, -0.25) is 4.98 Å². The molecule has 1 fully saturated rings. The number of aromatic amines is 1. The molecule has 0 spiro atoms. The van der Waals surface area contributed by atoms with Crippen molar-refractivity contribution in [3.63, 3.8) is 0 Å². The van der Waals surface area contributed by atoms with Crippen LogP contribution in [0.1, 0.15) is 36.4 Å². The van der Waals surface area contributed by atoms with Gasteiger partial charge in [0.25, 0.3) is 0 Å². The first-order valence-electron chi connectivity index (χ1n) is 9.95. The van der Waals surface area contributed by atoms with Gasteiger partial charge in [-0.05, 0) is 55.0 Å². The summed E-state index contributed by atoms with van der Waals surface area (Å²) < 4.78 is 29.4. The summed E-state index contributed by atoms with van der Waals surface area (Å²) in [5.74, 6) is 1.24. The lowest BCUT2D eigenvalue weighted by atomic mass is 9.83. The highest BCUT2D eigenvalue weighted by Gasteiger charge is 2.25. The molecule has 1 aromatic carbocycles. The molecule has 4 rings (SSSR count). The SMILES string of the molecule is CS(=O)(=O)c1ccc(C(CC2CCOCC2)c2cnc(-c3ccccn3)[nH]2)cc1Cl. The van der Waals surface area contributed by atoms with Gasteiger partial charge in [0.05, 0.1) is 9.92 Å². The number of sulfone groups is 1. The van der Waals surface area contributed by atoms with E-state index < -0.39 is 9.84 Å². The highest BCUT2D eigenvalue weighted by atomic mass is 35.5. The number of benzene rings is 1. The third-order valence-electron chi connectivity index (χ3n) is 5.55. The van der Waals surface area contributed by atoms with Crippen molar-refractivity contribution in [1.29, 1.82) is 0 Å². The lowest BCUT2D eigenvalue weighted by Crippen LogP contribution is -2.19. The van der Waals surface area contributed by atoms with Crippen molar-refractivity contribution in [2.75, 3.05) is 19.5 Å². The fraction of sp³-hybridized carbons (Fsp3) is 0.364. The number of halogens is 1. The van der Waals surface area contributed by atoms with Crippen LogP contribution in [0.5, 0.6) is 0 Å². The van der Waals surface area contributed by atoms with Crippen LogP contribution in [-0.2, 0) is 14.6 Å². The van der Waals surface area contributed by atoms with Crippen LogP contribution in [-0.4, -0.2) is 42.8 Å². The van der Waals surface area contributed by atoms with Gasteiger partial charge < -0.3 is 9.72 Å². The van der Waals surface area contributed by atoms with E-state index in [4.69, 9.17) is 16.3 Å². The maximum absolute atomic E-state index is 12.0. The fourth-order valence-electron chi connectivity index (χ4n) is 3.94. The number of hydrogen-bond donors (Lipinski definition) is 1. The van der Waals surface area contributed by atoms with Gasteiger partial charge in [-0.2, -0.15) is 0 Å². The first-order chi connectivity index (χ1) is 14.4. The molecular weight excluding hydrogens is 422 g/mol. The molecule has 0 saturated carbocycles. The summed E-state index contributed by atoms with van der Waals surface area (Å²) in [5.41, 5.74) is 2.71. The molecule has 0 amide bonds. The number of ether oxygens (including phenoxy) is 1. The molecule has 1 aliphatic heterocycles. The number of hydrogen-bond acceptors (Lipinski definition) is 5. The lowest BCUT2D eigenvalue weighted by molar-refractivity contribution is 0.0626. The average molecular weight is 446 g/mol. The topological polar surface area (TPSA) is 84.9 Å². The number of rotatable bonds is 6. The average Bonchev–Trinajstić information content (AvgIpc) is 3.22. The molecule has 1 saturated heterocycles. The molecule has 30 heavy (non-hydrogen) atoms. The maximum Gasteiger partial charge on any atom is 0.176 e. The number of imidazole rings is 1. The van der Waals surface area contributed by atoms with Gasteiger partial charge in [-0.25, -0.2) is 13.4 Å². The molecule has 1 unspecified atom stereocenters. The second kappa shape index (κ2) is 8.88. The molecule has 6 nitrogen and oxygen atoms in total. The Hall–Kier alpha value is -2.22. The first kappa shape index (κ1) is 21.0. The van der Waals surface area contributed by atoms with Gasteiger partial charge in [0.15, 0.2) is 15.7 Å². The van der Waals surface area contributed by atoms with E-state index in [0.717, 1.165) is 49.4 Å². The van der Waals surface area contributed by atoms with Crippen LogP contribution in [0.15, 0.2) is 53.7 Å². The standard InChI is InChI=1S/C22H24ClN3O3S/c1-30(27,28)21-6-5-16(13-18(21)23)17(12-15-7-10-29-11-8-15)20-14-25-22(26-20)19-4-2-3-9-24-19/h2-6,9,13-15,17H,7-8,10-12H2,1H3,(H,25,26). The maximum atomic E-state index is 12.0. The fourth-order valence-corrected chi connectivity index (χ4v) is 5.28. The van der Waals surface area contributed by atoms with Gasteiger partial charge in [0.2, 0.25) is 0 Å². The predicted molar refractivity (Wildman–Crippen MR) is 116 cm³/mol. The van der Waals surface area contributed by atoms with E-state index in [2.05, 4.69) is 15.0 Å². The molecule has 2 aromatic heterocycles. The second-order valence-electron chi connectivity index (χ2n) is 7.71. The summed E-state index contributed by atoms with van der Waals surface area (Å²) in [6.45, 7) is 1.54. The Kier molecular flexibility index (Phi) is 6.22. The van der Waals surface area contributed by atoms with Crippen LogP contribution >= 0.6 is 11.6 Å². The molecule has 158 valence electrons. The number of nitrogens with zero attached hydrogens (tertiary/aromatic N) is 2. The zero-order valence-electron chi connectivity index (χ0n) is 16.7. The monoisotopic (exact) mass is 445 g/mol. The van der Waals surface area contributed by atoms with Crippen molar-refractivity contribution < 1.29 is 13.2 Å². The van der Waals surface area contributed by atoms with Crippen LogP contribution in [0.4, 0.5) is 0 Å². The Morgan fingerprint density at radius 1 is 1.20 bits per heavy atom. The normalized spacial score (nSPS) is 16.5. The smallest absolute Gasteiger partial charge is 0.176 e. The molecule has 0 aliphatic carbocycles. The van der Waals surface area contributed by atoms with Crippen molar-refractivity contribution in [3.05, 3.63) is 65.1 Å². The zero-order chi connectivity index (χ0) is 21.1. The first-order valence-corrected chi connectivity index (χ1v) is 12.2.